The van der Waals surface area contributed by atoms with E-state index >= 15 is 0 Å². The predicted octanol–water partition coefficient (Wildman–Crippen LogP) is 7.30. The van der Waals surface area contributed by atoms with E-state index in [1.807, 2.05) is 0 Å². The largest absolute Gasteiger partial charge is 0.479 e. The number of hydrogen-bond acceptors (Lipinski definition) is 14. The van der Waals surface area contributed by atoms with Crippen molar-refractivity contribution >= 4 is 70.4 Å². The van der Waals surface area contributed by atoms with Crippen LogP contribution in [0.5, 0.6) is 0 Å². The van der Waals surface area contributed by atoms with Crippen LogP contribution in [-0.4, -0.2) is 90.1 Å². The van der Waals surface area contributed by atoms with E-state index in [0.29, 0.717) is 74.4 Å². The van der Waals surface area contributed by atoms with Crippen LogP contribution in [0.15, 0.2) is 0 Å². The summed E-state index contributed by atoms with van der Waals surface area (Å²) in [4.78, 5) is 0. The van der Waals surface area contributed by atoms with Gasteiger partial charge in [0.05, 0.1) is 0 Å². The lowest BCUT2D eigenvalue weighted by atomic mass is 10.3. The molecule has 322 valence electrons. The molecule has 6 aliphatic heterocycles. The predicted molar refractivity (Wildman–Crippen MR) is 228 cm³/mol. The summed E-state index contributed by atoms with van der Waals surface area (Å²) in [5, 5.41) is 3.47. The van der Waals surface area contributed by atoms with Crippen LogP contribution < -0.4 is 11.1 Å². The maximum Gasteiger partial charge on any atom is 0.479 e. The van der Waals surface area contributed by atoms with Gasteiger partial charge in [0.25, 0.3) is 0 Å². The van der Waals surface area contributed by atoms with E-state index in [1.165, 1.54) is 0 Å². The van der Waals surface area contributed by atoms with Crippen molar-refractivity contribution in [3.05, 3.63) is 0 Å². The lowest BCUT2D eigenvalue weighted by Crippen LogP contribution is -2.88. The minimum absolute atomic E-state index is 0.128. The molecule has 14 nitrogen and oxygen atoms in total. The first-order valence-electron chi connectivity index (χ1n) is 21.3. The summed E-state index contributed by atoms with van der Waals surface area (Å²) in [5.74, 6) is 0.920. The fraction of sp³-hybridized carbons (Fsp3) is 1.00. The molecule has 0 aromatic heterocycles. The number of nitrogens with two attached hydrogens (primary N) is 1. The van der Waals surface area contributed by atoms with Crippen LogP contribution in [0.4, 0.5) is 0 Å². The quantitative estimate of drug-likeness (QED) is 0.0930. The lowest BCUT2D eigenvalue weighted by Gasteiger charge is -2.64. The Kier molecular flexibility index (Phi) is 15.4. The van der Waals surface area contributed by atoms with Gasteiger partial charge in [0.1, 0.15) is 0 Å². The molecule has 0 saturated carbocycles. The molecule has 55 heavy (non-hydrogen) atoms. The molecule has 6 heterocycles. The highest BCUT2D eigenvalue weighted by Gasteiger charge is 2.83. The normalized spacial score (nSPS) is 40.3. The van der Waals surface area contributed by atoms with E-state index in [9.17, 15) is 0 Å². The number of nitrogens with one attached hydrogen (secondary N) is 1. The van der Waals surface area contributed by atoms with Gasteiger partial charge in [-0.2, -0.15) is 0 Å². The minimum Gasteiger partial charge on any atom is -0.373 e. The second kappa shape index (κ2) is 17.9. The molecule has 0 aromatic rings. The number of hydrogen-bond donors (Lipinski definition) is 2. The molecule has 0 atom stereocenters. The van der Waals surface area contributed by atoms with E-state index in [-0.39, 0.29) is 41.4 Å². The molecule has 0 spiro atoms. The average Bonchev–Trinajstić information content (AvgIpc) is 2.90. The van der Waals surface area contributed by atoms with E-state index in [0.717, 1.165) is 0 Å². The highest BCUT2D eigenvalue weighted by molar-refractivity contribution is 7.03. The van der Waals surface area contributed by atoms with Crippen molar-refractivity contribution in [2.75, 3.05) is 19.6 Å². The molecule has 6 fully saturated rings. The third-order valence-electron chi connectivity index (χ3n) is 9.50. The number of rotatable bonds is 20. The smallest absolute Gasteiger partial charge is 0.373 e. The Balaban J connectivity index is 1.92. The summed E-state index contributed by atoms with van der Waals surface area (Å²) >= 11 is 0. The molecular weight excluding hydrogens is 841 g/mol. The van der Waals surface area contributed by atoms with Crippen molar-refractivity contribution in [2.24, 2.45) is 47.2 Å². The second-order valence-electron chi connectivity index (χ2n) is 19.5. The van der Waals surface area contributed by atoms with Crippen LogP contribution in [0.1, 0.15) is 103 Å². The van der Waals surface area contributed by atoms with Crippen molar-refractivity contribution in [1.29, 1.82) is 0 Å². The van der Waals surface area contributed by atoms with E-state index in [4.69, 9.17) is 55.1 Å². The fourth-order valence-corrected chi connectivity index (χ4v) is 60.1. The van der Waals surface area contributed by atoms with Crippen molar-refractivity contribution < 1.29 is 49.4 Å². The third kappa shape index (κ3) is 11.6. The molecule has 0 aromatic carbocycles. The SMILES string of the molecule is CC(C)C[Si]12O[Si]3(CCCNCCN)O[Si]4(CC(C)C)O[Si](CC(C)C)(O1)O[Si]1(CC(C)C)O[Si](CC(C)C)(O2)O[Si](CC(C)C)(O3)O[Si](CC(C)C)(O4)O1. The summed E-state index contributed by atoms with van der Waals surface area (Å²) in [7, 11) is -31.2. The maximum atomic E-state index is 7.79. The molecule has 0 amide bonds. The second-order valence-corrected chi connectivity index (χ2v) is 43.6. The Bertz CT molecular complexity index is 1140. The summed E-state index contributed by atoms with van der Waals surface area (Å²) in [5.41, 5.74) is 5.87. The summed E-state index contributed by atoms with van der Waals surface area (Å²) in [6.45, 7) is 32.4. The molecule has 8 bridgehead atoms. The Hall–Kier alpha value is 1.18. The van der Waals surface area contributed by atoms with Crippen molar-refractivity contribution in [1.82, 2.24) is 5.32 Å². The van der Waals surface area contributed by atoms with Crippen molar-refractivity contribution in [3.63, 3.8) is 0 Å². The minimum atomic E-state index is -3.92. The average molecular weight is 918 g/mol. The van der Waals surface area contributed by atoms with Gasteiger partial charge in [-0.1, -0.05) is 96.9 Å². The van der Waals surface area contributed by atoms with Gasteiger partial charge in [-0.15, -0.1) is 0 Å². The lowest BCUT2D eigenvalue weighted by molar-refractivity contribution is -0.0341. The molecular formula is C33H76N2O12Si8. The van der Waals surface area contributed by atoms with Gasteiger partial charge in [-0.3, -0.25) is 0 Å². The molecule has 0 radical (unpaired) electrons. The fourth-order valence-electron chi connectivity index (χ4n) is 8.53. The Labute approximate surface area is 342 Å². The molecule has 6 aliphatic rings. The van der Waals surface area contributed by atoms with E-state index in [2.05, 4.69) is 102 Å². The Morgan fingerprint density at radius 3 is 0.709 bits per heavy atom. The topological polar surface area (TPSA) is 149 Å². The summed E-state index contributed by atoms with van der Waals surface area (Å²) in [6, 6.07) is 3.92. The van der Waals surface area contributed by atoms with Gasteiger partial charge in [0.2, 0.25) is 0 Å². The first-order chi connectivity index (χ1) is 25.5. The van der Waals surface area contributed by atoms with Gasteiger partial charge in [-0.05, 0) is 54.4 Å². The van der Waals surface area contributed by atoms with Crippen molar-refractivity contribution in [2.45, 2.75) is 152 Å². The zero-order valence-electron chi connectivity index (χ0n) is 36.5. The third-order valence-corrected chi connectivity index (χ3v) is 49.5. The zero-order valence-corrected chi connectivity index (χ0v) is 44.5. The molecule has 3 N–H and O–H groups in total. The Morgan fingerprint density at radius 2 is 0.527 bits per heavy atom. The van der Waals surface area contributed by atoms with Crippen LogP contribution in [0.25, 0.3) is 0 Å². The highest BCUT2D eigenvalue weighted by Crippen LogP contribution is 2.55. The zero-order chi connectivity index (χ0) is 40.7. The monoisotopic (exact) mass is 916 g/mol. The molecule has 6 rings (SSSR count). The molecule has 6 saturated heterocycles. The highest BCUT2D eigenvalue weighted by atomic mass is 28.6. The van der Waals surface area contributed by atoms with Crippen LogP contribution in [0.2, 0.25) is 48.4 Å². The van der Waals surface area contributed by atoms with Gasteiger partial charge in [0, 0.05) is 61.4 Å². The van der Waals surface area contributed by atoms with Crippen LogP contribution in [0, 0.1) is 41.4 Å². The molecule has 0 aliphatic carbocycles. The first-order valence-corrected chi connectivity index (χ1v) is 36.7. The van der Waals surface area contributed by atoms with Crippen LogP contribution in [-0.2, 0) is 49.4 Å². The van der Waals surface area contributed by atoms with E-state index in [1.54, 1.807) is 0 Å². The summed E-state index contributed by atoms with van der Waals surface area (Å²) < 4.78 is 93.3. The molecule has 0 unspecified atom stereocenters. The maximum absolute atomic E-state index is 7.79. The van der Waals surface area contributed by atoms with Gasteiger partial charge in [0.15, 0.2) is 0 Å². The standard InChI is InChI=1S/C33H76N2O12Si8/c1-27(2)20-49-36-48(19-15-17-35-18-16-34)37-50(21-28(3)4)41-52(39-49,23-30(7)8)45-55(26-33(13)14)46-53(40-49,24-31(9)10)42-51(38-48,22-29(5)6)44-54(43-50,47-55)25-32(11)12/h27-33,35H,15-26,34H2,1-14H3. The first kappa shape index (κ1) is 47.2. The van der Waals surface area contributed by atoms with Gasteiger partial charge < -0.3 is 60.4 Å². The van der Waals surface area contributed by atoms with Crippen LogP contribution >= 0.6 is 0 Å². The van der Waals surface area contributed by atoms with Gasteiger partial charge >= 0.3 is 70.4 Å². The van der Waals surface area contributed by atoms with Gasteiger partial charge in [-0.25, -0.2) is 0 Å². The van der Waals surface area contributed by atoms with Crippen LogP contribution in [0.3, 0.4) is 0 Å². The Morgan fingerprint density at radius 1 is 0.327 bits per heavy atom. The summed E-state index contributed by atoms with van der Waals surface area (Å²) in [6.07, 6.45) is 0.697. The van der Waals surface area contributed by atoms with Crippen molar-refractivity contribution in [3.8, 4) is 0 Å². The molecule has 22 heteroatoms. The van der Waals surface area contributed by atoms with E-state index < -0.39 is 70.4 Å².